The topological polar surface area (TPSA) is 91.1 Å². The normalized spacial score (nSPS) is 14.7. The second-order valence-corrected chi connectivity index (χ2v) is 6.91. The lowest BCUT2D eigenvalue weighted by Gasteiger charge is -2.32. The van der Waals surface area contributed by atoms with Gasteiger partial charge in [0.05, 0.1) is 0 Å². The number of hydrogen-bond donors (Lipinski definition) is 1. The zero-order chi connectivity index (χ0) is 22.4. The number of piperidine rings is 1. The molecule has 1 fully saturated rings. The molecule has 1 saturated heterocycles. The van der Waals surface area contributed by atoms with Crippen molar-refractivity contribution in [2.24, 2.45) is 5.73 Å². The third kappa shape index (κ3) is 6.80. The van der Waals surface area contributed by atoms with E-state index in [0.717, 1.165) is 0 Å². The zero-order valence-corrected chi connectivity index (χ0v) is 16.4. The summed E-state index contributed by atoms with van der Waals surface area (Å²) in [6.45, 7) is 0.568. The van der Waals surface area contributed by atoms with Crippen LogP contribution in [0.1, 0.15) is 23.2 Å². The largest absolute Gasteiger partial charge is 0.573 e. The Morgan fingerprint density at radius 2 is 1.65 bits per heavy atom. The van der Waals surface area contributed by atoms with Crippen molar-refractivity contribution in [3.05, 3.63) is 54.1 Å². The van der Waals surface area contributed by atoms with Gasteiger partial charge in [0.1, 0.15) is 23.4 Å². The van der Waals surface area contributed by atoms with Crippen LogP contribution in [0, 0.1) is 0 Å². The third-order valence-electron chi connectivity index (χ3n) is 4.53. The molecule has 1 aliphatic heterocycles. The number of carbonyl (C=O) groups is 2. The Bertz CT molecular complexity index is 927. The van der Waals surface area contributed by atoms with Crippen LogP contribution in [0.5, 0.6) is 17.2 Å². The van der Waals surface area contributed by atoms with Crippen LogP contribution >= 0.6 is 0 Å². The summed E-state index contributed by atoms with van der Waals surface area (Å²) in [7, 11) is 0. The molecule has 7 nitrogen and oxygen atoms in total. The predicted molar refractivity (Wildman–Crippen MR) is 104 cm³/mol. The van der Waals surface area contributed by atoms with Crippen molar-refractivity contribution in [1.29, 1.82) is 0 Å². The SMILES string of the molecule is NC(=O)COc1cccc(C(=O)N2CCC(Oc3cccc(OC(F)(F)F)c3)CC2)c1. The Morgan fingerprint density at radius 1 is 1.00 bits per heavy atom. The third-order valence-corrected chi connectivity index (χ3v) is 4.53. The smallest absolute Gasteiger partial charge is 0.490 e. The number of amides is 2. The summed E-state index contributed by atoms with van der Waals surface area (Å²) in [5.74, 6) is -0.524. The van der Waals surface area contributed by atoms with Gasteiger partial charge in [0.15, 0.2) is 6.61 Å². The minimum Gasteiger partial charge on any atom is -0.490 e. The second-order valence-electron chi connectivity index (χ2n) is 6.91. The first-order valence-corrected chi connectivity index (χ1v) is 9.52. The monoisotopic (exact) mass is 438 g/mol. The molecule has 0 unspecified atom stereocenters. The van der Waals surface area contributed by atoms with Crippen LogP contribution in [0.15, 0.2) is 48.5 Å². The number of alkyl halides is 3. The molecular formula is C21H21F3N2O5. The molecule has 0 spiro atoms. The van der Waals surface area contributed by atoms with Gasteiger partial charge in [0, 0.05) is 37.6 Å². The number of benzene rings is 2. The average molecular weight is 438 g/mol. The summed E-state index contributed by atoms with van der Waals surface area (Å²) < 4.78 is 52.0. The molecule has 1 aliphatic rings. The van der Waals surface area contributed by atoms with E-state index in [0.29, 0.717) is 37.2 Å². The summed E-state index contributed by atoms with van der Waals surface area (Å²) in [6, 6.07) is 11.8. The maximum absolute atomic E-state index is 12.7. The van der Waals surface area contributed by atoms with E-state index in [1.807, 2.05) is 0 Å². The standard InChI is InChI=1S/C21H21F3N2O5/c22-21(23,24)31-18-6-2-5-17(12-18)30-15-7-9-26(10-8-15)20(28)14-3-1-4-16(11-14)29-13-19(25)27/h1-6,11-12,15H,7-10,13H2,(H2,25,27). The molecule has 10 heteroatoms. The van der Waals surface area contributed by atoms with Crippen molar-refractivity contribution in [2.45, 2.75) is 25.3 Å². The van der Waals surface area contributed by atoms with E-state index in [9.17, 15) is 22.8 Å². The Kier molecular flexibility index (Phi) is 6.88. The maximum atomic E-state index is 12.7. The van der Waals surface area contributed by atoms with Crippen molar-refractivity contribution < 1.29 is 37.0 Å². The van der Waals surface area contributed by atoms with Gasteiger partial charge < -0.3 is 24.8 Å². The highest BCUT2D eigenvalue weighted by Crippen LogP contribution is 2.28. The molecule has 2 aromatic rings. The van der Waals surface area contributed by atoms with Gasteiger partial charge in [0.2, 0.25) is 0 Å². The number of nitrogens with zero attached hydrogens (tertiary/aromatic N) is 1. The molecule has 2 N–H and O–H groups in total. The van der Waals surface area contributed by atoms with E-state index < -0.39 is 12.3 Å². The molecule has 2 aromatic carbocycles. The van der Waals surface area contributed by atoms with Gasteiger partial charge >= 0.3 is 6.36 Å². The lowest BCUT2D eigenvalue weighted by Crippen LogP contribution is -2.41. The molecule has 31 heavy (non-hydrogen) atoms. The van der Waals surface area contributed by atoms with Crippen LogP contribution in [0.4, 0.5) is 13.2 Å². The van der Waals surface area contributed by atoms with Gasteiger partial charge in [-0.05, 0) is 30.3 Å². The van der Waals surface area contributed by atoms with E-state index in [4.69, 9.17) is 15.2 Å². The zero-order valence-electron chi connectivity index (χ0n) is 16.4. The molecule has 3 rings (SSSR count). The first kappa shape index (κ1) is 22.3. The van der Waals surface area contributed by atoms with Crippen LogP contribution in [0.3, 0.4) is 0 Å². The van der Waals surface area contributed by atoms with Crippen LogP contribution in [0.25, 0.3) is 0 Å². The number of hydrogen-bond acceptors (Lipinski definition) is 5. The van der Waals surface area contributed by atoms with E-state index >= 15 is 0 Å². The number of nitrogens with two attached hydrogens (primary N) is 1. The van der Waals surface area contributed by atoms with Crippen LogP contribution in [-0.2, 0) is 4.79 Å². The van der Waals surface area contributed by atoms with Gasteiger partial charge in [0.25, 0.3) is 11.8 Å². The lowest BCUT2D eigenvalue weighted by molar-refractivity contribution is -0.274. The van der Waals surface area contributed by atoms with E-state index in [1.165, 1.54) is 18.2 Å². The van der Waals surface area contributed by atoms with Crippen molar-refractivity contribution in [3.63, 3.8) is 0 Å². The molecule has 0 bridgehead atoms. The van der Waals surface area contributed by atoms with Gasteiger partial charge in [-0.3, -0.25) is 9.59 Å². The molecule has 0 aromatic heterocycles. The lowest BCUT2D eigenvalue weighted by atomic mass is 10.1. The van der Waals surface area contributed by atoms with Crippen LogP contribution < -0.4 is 19.9 Å². The van der Waals surface area contributed by atoms with E-state index in [2.05, 4.69) is 4.74 Å². The Hall–Kier alpha value is -3.43. The molecule has 166 valence electrons. The summed E-state index contributed by atoms with van der Waals surface area (Å²) in [6.07, 6.45) is -3.97. The van der Waals surface area contributed by atoms with Crippen molar-refractivity contribution in [2.75, 3.05) is 19.7 Å². The number of likely N-dealkylation sites (tertiary alicyclic amines) is 1. The number of primary amides is 1. The quantitative estimate of drug-likeness (QED) is 0.717. The molecule has 0 saturated carbocycles. The van der Waals surface area contributed by atoms with Crippen molar-refractivity contribution >= 4 is 11.8 Å². The van der Waals surface area contributed by atoms with Gasteiger partial charge in [-0.1, -0.05) is 12.1 Å². The highest BCUT2D eigenvalue weighted by Gasteiger charge is 2.31. The number of rotatable bonds is 7. The fourth-order valence-electron chi connectivity index (χ4n) is 3.17. The highest BCUT2D eigenvalue weighted by molar-refractivity contribution is 5.94. The average Bonchev–Trinajstić information content (AvgIpc) is 2.71. The highest BCUT2D eigenvalue weighted by atomic mass is 19.4. The minimum atomic E-state index is -4.77. The summed E-state index contributed by atoms with van der Waals surface area (Å²) >= 11 is 0. The van der Waals surface area contributed by atoms with Gasteiger partial charge in [-0.15, -0.1) is 13.2 Å². The second kappa shape index (κ2) is 9.59. The Labute approximate surface area is 176 Å². The molecule has 0 aliphatic carbocycles. The number of halogens is 3. The number of ether oxygens (including phenoxy) is 3. The summed E-state index contributed by atoms with van der Waals surface area (Å²) in [5.41, 5.74) is 5.47. The van der Waals surface area contributed by atoms with Gasteiger partial charge in [-0.25, -0.2) is 0 Å². The van der Waals surface area contributed by atoms with E-state index in [1.54, 1.807) is 35.2 Å². The predicted octanol–water partition coefficient (Wildman–Crippen LogP) is 3.13. The first-order chi connectivity index (χ1) is 14.7. The summed E-state index contributed by atoms with van der Waals surface area (Å²) in [5, 5.41) is 0. The van der Waals surface area contributed by atoms with Gasteiger partial charge in [-0.2, -0.15) is 0 Å². The fraction of sp³-hybridized carbons (Fsp3) is 0.333. The van der Waals surface area contributed by atoms with Crippen molar-refractivity contribution in [3.8, 4) is 17.2 Å². The van der Waals surface area contributed by atoms with Crippen molar-refractivity contribution in [1.82, 2.24) is 4.90 Å². The summed E-state index contributed by atoms with van der Waals surface area (Å²) in [4.78, 5) is 25.2. The van der Waals surface area contributed by atoms with E-state index in [-0.39, 0.29) is 30.1 Å². The van der Waals surface area contributed by atoms with Crippen LogP contribution in [0.2, 0.25) is 0 Å². The Morgan fingerprint density at radius 3 is 2.32 bits per heavy atom. The molecule has 1 heterocycles. The minimum absolute atomic E-state index is 0.191. The first-order valence-electron chi connectivity index (χ1n) is 9.52. The number of carbonyl (C=O) groups excluding carboxylic acids is 2. The molecule has 2 amide bonds. The fourth-order valence-corrected chi connectivity index (χ4v) is 3.17. The Balaban J connectivity index is 1.54. The molecule has 0 radical (unpaired) electrons. The molecular weight excluding hydrogens is 417 g/mol. The molecule has 0 atom stereocenters. The van der Waals surface area contributed by atoms with Crippen LogP contribution in [-0.4, -0.2) is 48.9 Å². The maximum Gasteiger partial charge on any atom is 0.573 e.